The first-order chi connectivity index (χ1) is 15.1. The monoisotopic (exact) mass is 421 g/mol. The van der Waals surface area contributed by atoms with Gasteiger partial charge >= 0.3 is 0 Å². The summed E-state index contributed by atoms with van der Waals surface area (Å²) in [6.07, 6.45) is 12.1. The molecule has 4 aliphatic carbocycles. The fourth-order valence-corrected chi connectivity index (χ4v) is 7.40. The van der Waals surface area contributed by atoms with Crippen molar-refractivity contribution in [3.8, 4) is 0 Å². The molecule has 1 atom stereocenters. The molecule has 166 valence electrons. The molecule has 1 amide bonds. The molecule has 5 fully saturated rings. The molecule has 1 saturated heterocycles. The lowest BCUT2D eigenvalue weighted by Gasteiger charge is -2.57. The van der Waals surface area contributed by atoms with Crippen molar-refractivity contribution in [2.75, 3.05) is 26.2 Å². The van der Waals surface area contributed by atoms with Gasteiger partial charge in [-0.3, -0.25) is 14.6 Å². The summed E-state index contributed by atoms with van der Waals surface area (Å²) in [6, 6.07) is 6.07. The first-order valence-corrected chi connectivity index (χ1v) is 12.3. The minimum absolute atomic E-state index is 0.0367. The van der Waals surface area contributed by atoms with Gasteiger partial charge in [-0.1, -0.05) is 6.07 Å². The summed E-state index contributed by atoms with van der Waals surface area (Å²) in [5.74, 6) is 2.86. The minimum atomic E-state index is -0.0367. The van der Waals surface area contributed by atoms with Gasteiger partial charge in [-0.15, -0.1) is 0 Å². The average Bonchev–Trinajstić information content (AvgIpc) is 3.15. The van der Waals surface area contributed by atoms with Crippen LogP contribution in [-0.2, 0) is 11.3 Å². The second-order valence-corrected chi connectivity index (χ2v) is 10.9. The maximum absolute atomic E-state index is 13.2. The van der Waals surface area contributed by atoms with Gasteiger partial charge in [0.1, 0.15) is 5.65 Å². The van der Waals surface area contributed by atoms with Crippen molar-refractivity contribution < 1.29 is 4.79 Å². The third-order valence-electron chi connectivity index (χ3n) is 8.56. The molecule has 5 aliphatic rings. The van der Waals surface area contributed by atoms with Crippen molar-refractivity contribution in [2.24, 2.45) is 17.8 Å². The lowest BCUT2D eigenvalue weighted by atomic mass is 9.53. The molecule has 2 aromatic heterocycles. The number of carbonyl (C=O) groups is 1. The van der Waals surface area contributed by atoms with E-state index in [1.807, 2.05) is 24.4 Å². The number of imidazole rings is 1. The van der Waals surface area contributed by atoms with Crippen LogP contribution in [-0.4, -0.2) is 62.9 Å². The van der Waals surface area contributed by atoms with Crippen molar-refractivity contribution in [2.45, 2.75) is 63.6 Å². The number of rotatable bonds is 5. The average molecular weight is 422 g/mol. The zero-order chi connectivity index (χ0) is 21.0. The Bertz CT molecular complexity index is 891. The Morgan fingerprint density at radius 1 is 1.10 bits per heavy atom. The second-order valence-electron chi connectivity index (χ2n) is 10.9. The van der Waals surface area contributed by atoms with E-state index in [4.69, 9.17) is 4.98 Å². The summed E-state index contributed by atoms with van der Waals surface area (Å²) < 4.78 is 2.09. The molecule has 4 saturated carbocycles. The smallest absolute Gasteiger partial charge is 0.237 e. The molecule has 2 aromatic rings. The molecule has 7 rings (SSSR count). The summed E-state index contributed by atoms with van der Waals surface area (Å²) in [5, 5.41) is 3.58. The van der Waals surface area contributed by atoms with Gasteiger partial charge in [-0.05, 0) is 75.3 Å². The van der Waals surface area contributed by atoms with Crippen molar-refractivity contribution in [1.82, 2.24) is 24.5 Å². The SMILES string of the molecule is C[C@@H](C(=O)NC12CC3CC(CC(C3)C1)C2)N1CCN(Cc2cn3ccccc3n2)CC1. The first-order valence-electron chi connectivity index (χ1n) is 12.3. The van der Waals surface area contributed by atoms with Gasteiger partial charge in [0.05, 0.1) is 11.7 Å². The van der Waals surface area contributed by atoms with Crippen LogP contribution in [0.2, 0.25) is 0 Å². The van der Waals surface area contributed by atoms with Crippen LogP contribution in [0.4, 0.5) is 0 Å². The molecule has 31 heavy (non-hydrogen) atoms. The first kappa shape index (κ1) is 19.7. The molecule has 6 heteroatoms. The Morgan fingerprint density at radius 3 is 2.42 bits per heavy atom. The second kappa shape index (κ2) is 7.59. The van der Waals surface area contributed by atoms with E-state index in [0.717, 1.165) is 61.8 Å². The van der Waals surface area contributed by atoms with Crippen molar-refractivity contribution >= 4 is 11.6 Å². The molecule has 1 N–H and O–H groups in total. The number of pyridine rings is 1. The molecule has 3 heterocycles. The molecule has 1 aliphatic heterocycles. The number of aromatic nitrogens is 2. The van der Waals surface area contributed by atoms with Gasteiger partial charge in [0, 0.05) is 50.7 Å². The van der Waals surface area contributed by atoms with Crippen molar-refractivity contribution in [1.29, 1.82) is 0 Å². The van der Waals surface area contributed by atoms with Crippen LogP contribution >= 0.6 is 0 Å². The summed E-state index contributed by atoms with van der Waals surface area (Å²) in [7, 11) is 0. The van der Waals surface area contributed by atoms with E-state index < -0.39 is 0 Å². The summed E-state index contributed by atoms with van der Waals surface area (Å²) in [5.41, 5.74) is 2.24. The van der Waals surface area contributed by atoms with Gasteiger partial charge in [-0.25, -0.2) is 4.98 Å². The van der Waals surface area contributed by atoms with E-state index in [-0.39, 0.29) is 17.5 Å². The van der Waals surface area contributed by atoms with E-state index in [1.54, 1.807) is 0 Å². The molecule has 0 spiro atoms. The fraction of sp³-hybridized carbons (Fsp3) is 0.680. The molecule has 4 bridgehead atoms. The van der Waals surface area contributed by atoms with Crippen molar-refractivity contribution in [3.05, 3.63) is 36.3 Å². The van der Waals surface area contributed by atoms with Gasteiger partial charge in [-0.2, -0.15) is 0 Å². The van der Waals surface area contributed by atoms with Crippen LogP contribution in [0.15, 0.2) is 30.6 Å². The Labute approximate surface area is 185 Å². The molecule has 0 aromatic carbocycles. The lowest BCUT2D eigenvalue weighted by Crippen LogP contribution is -2.63. The van der Waals surface area contributed by atoms with Crippen LogP contribution < -0.4 is 5.32 Å². The van der Waals surface area contributed by atoms with Gasteiger partial charge < -0.3 is 9.72 Å². The summed E-state index contributed by atoms with van der Waals surface area (Å²) in [6.45, 7) is 6.86. The quantitative estimate of drug-likeness (QED) is 0.807. The third-order valence-corrected chi connectivity index (χ3v) is 8.56. The van der Waals surface area contributed by atoms with E-state index in [0.29, 0.717) is 0 Å². The van der Waals surface area contributed by atoms with Gasteiger partial charge in [0.25, 0.3) is 0 Å². The van der Waals surface area contributed by atoms with Crippen LogP contribution in [0, 0.1) is 17.8 Å². The topological polar surface area (TPSA) is 52.9 Å². The predicted molar refractivity (Wildman–Crippen MR) is 121 cm³/mol. The highest BCUT2D eigenvalue weighted by Crippen LogP contribution is 2.55. The molecular formula is C25H35N5O. The Morgan fingerprint density at radius 2 is 1.77 bits per heavy atom. The van der Waals surface area contributed by atoms with E-state index in [1.165, 1.54) is 38.5 Å². The highest BCUT2D eigenvalue weighted by atomic mass is 16.2. The zero-order valence-electron chi connectivity index (χ0n) is 18.7. The van der Waals surface area contributed by atoms with Crippen LogP contribution in [0.25, 0.3) is 5.65 Å². The number of nitrogens with one attached hydrogen (secondary N) is 1. The number of hydrogen-bond acceptors (Lipinski definition) is 4. The Hall–Kier alpha value is -1.92. The highest BCUT2D eigenvalue weighted by molar-refractivity contribution is 5.82. The Balaban J connectivity index is 1.03. The van der Waals surface area contributed by atoms with Gasteiger partial charge in [0.2, 0.25) is 5.91 Å². The molecule has 6 nitrogen and oxygen atoms in total. The molecular weight excluding hydrogens is 386 g/mol. The summed E-state index contributed by atoms with van der Waals surface area (Å²) in [4.78, 5) is 22.8. The number of piperazine rings is 1. The van der Waals surface area contributed by atoms with Crippen molar-refractivity contribution in [3.63, 3.8) is 0 Å². The van der Waals surface area contributed by atoms with E-state index >= 15 is 0 Å². The van der Waals surface area contributed by atoms with Gasteiger partial charge in [0.15, 0.2) is 0 Å². The number of fused-ring (bicyclic) bond motifs is 1. The van der Waals surface area contributed by atoms with Crippen LogP contribution in [0.3, 0.4) is 0 Å². The normalized spacial score (nSPS) is 34.3. The number of hydrogen-bond donors (Lipinski definition) is 1. The zero-order valence-corrected chi connectivity index (χ0v) is 18.7. The maximum Gasteiger partial charge on any atom is 0.237 e. The number of carbonyl (C=O) groups excluding carboxylic acids is 1. The maximum atomic E-state index is 13.2. The van der Waals surface area contributed by atoms with Crippen LogP contribution in [0.1, 0.15) is 51.1 Å². The minimum Gasteiger partial charge on any atom is -0.349 e. The van der Waals surface area contributed by atoms with E-state index in [2.05, 4.69) is 32.6 Å². The Kier molecular flexibility index (Phi) is 4.83. The number of nitrogens with zero attached hydrogens (tertiary/aromatic N) is 4. The predicted octanol–water partition coefficient (Wildman–Crippen LogP) is 2.93. The molecule has 0 unspecified atom stereocenters. The largest absolute Gasteiger partial charge is 0.349 e. The van der Waals surface area contributed by atoms with E-state index in [9.17, 15) is 4.79 Å². The summed E-state index contributed by atoms with van der Waals surface area (Å²) >= 11 is 0. The lowest BCUT2D eigenvalue weighted by molar-refractivity contribution is -0.132. The molecule has 0 radical (unpaired) electrons. The number of amides is 1. The fourth-order valence-electron chi connectivity index (χ4n) is 7.40. The standard InChI is InChI=1S/C25H35N5O/c1-18(24(31)27-25-13-19-10-20(14-25)12-21(11-19)15-25)29-8-6-28(7-9-29)16-22-17-30-5-3-2-4-23(30)26-22/h2-5,17-21H,6-16H2,1H3,(H,27,31)/t18-,19?,20?,21?,25?/m0/s1. The third kappa shape index (κ3) is 3.78. The highest BCUT2D eigenvalue weighted by Gasteiger charge is 2.51. The van der Waals surface area contributed by atoms with Crippen LogP contribution in [0.5, 0.6) is 0 Å².